The molecule has 2 unspecified atom stereocenters. The summed E-state index contributed by atoms with van der Waals surface area (Å²) in [7, 11) is 1.37. The lowest BCUT2D eigenvalue weighted by Gasteiger charge is -2.12. The summed E-state index contributed by atoms with van der Waals surface area (Å²) in [5.41, 5.74) is 0.876. The lowest BCUT2D eigenvalue weighted by atomic mass is 10.1. The van der Waals surface area contributed by atoms with E-state index in [1.165, 1.54) is 31.4 Å². The molecule has 3 aromatic carbocycles. The van der Waals surface area contributed by atoms with Crippen molar-refractivity contribution < 1.29 is 18.7 Å². The molecule has 192 valence electrons. The first-order chi connectivity index (χ1) is 17.5. The van der Waals surface area contributed by atoms with Gasteiger partial charge in [0.1, 0.15) is 21.6 Å². The third kappa shape index (κ3) is 5.66. The lowest BCUT2D eigenvalue weighted by molar-refractivity contribution is -0.117. The zero-order chi connectivity index (χ0) is 27.1. The SMILES string of the molecule is C=Nc1cc(F)c(NC(=O)c2cc(NC(=O)C3C(c4cc(Cl)cc(Cl)c4)C3(Cl)Cl)ccc2Cl)cc1OC. The highest BCUT2D eigenvalue weighted by Crippen LogP contribution is 2.65. The number of ether oxygens (including phenoxy) is 1. The maximum atomic E-state index is 14.5. The van der Waals surface area contributed by atoms with Crippen molar-refractivity contribution in [1.29, 1.82) is 0 Å². The quantitative estimate of drug-likeness (QED) is 0.213. The number of carbonyl (C=O) groups is 2. The van der Waals surface area contributed by atoms with E-state index in [4.69, 9.17) is 62.7 Å². The molecular formula is C25H17Cl5FN3O3. The van der Waals surface area contributed by atoms with Gasteiger partial charge in [-0.3, -0.25) is 14.6 Å². The van der Waals surface area contributed by atoms with Crippen molar-refractivity contribution in [2.45, 2.75) is 10.3 Å². The Hall–Kier alpha value is -2.55. The molecule has 0 saturated heterocycles. The van der Waals surface area contributed by atoms with Crippen LogP contribution in [0.2, 0.25) is 15.1 Å². The minimum absolute atomic E-state index is 0.0132. The Bertz CT molecular complexity index is 1410. The van der Waals surface area contributed by atoms with Crippen molar-refractivity contribution >= 4 is 93.6 Å². The van der Waals surface area contributed by atoms with E-state index >= 15 is 0 Å². The van der Waals surface area contributed by atoms with Crippen LogP contribution in [0.5, 0.6) is 5.75 Å². The van der Waals surface area contributed by atoms with Crippen LogP contribution in [0.3, 0.4) is 0 Å². The summed E-state index contributed by atoms with van der Waals surface area (Å²) in [4.78, 5) is 29.6. The summed E-state index contributed by atoms with van der Waals surface area (Å²) in [6, 6.07) is 11.5. The summed E-state index contributed by atoms with van der Waals surface area (Å²) in [6.45, 7) is 3.35. The van der Waals surface area contributed by atoms with Crippen LogP contribution in [0.15, 0.2) is 53.5 Å². The molecule has 1 aliphatic carbocycles. The van der Waals surface area contributed by atoms with Crippen LogP contribution in [0.25, 0.3) is 0 Å². The fraction of sp³-hybridized carbons (Fsp3) is 0.160. The van der Waals surface area contributed by atoms with Crippen molar-refractivity contribution in [3.05, 3.63) is 80.5 Å². The zero-order valence-electron chi connectivity index (χ0n) is 18.9. The van der Waals surface area contributed by atoms with Gasteiger partial charge in [-0.25, -0.2) is 4.39 Å². The van der Waals surface area contributed by atoms with Crippen molar-refractivity contribution in [3.63, 3.8) is 0 Å². The molecule has 6 nitrogen and oxygen atoms in total. The molecule has 12 heteroatoms. The average molecular weight is 604 g/mol. The molecule has 2 amide bonds. The number of carbonyl (C=O) groups excluding carboxylic acids is 2. The Morgan fingerprint density at radius 1 is 1.03 bits per heavy atom. The first kappa shape index (κ1) is 27.5. The van der Waals surface area contributed by atoms with Gasteiger partial charge < -0.3 is 15.4 Å². The second kappa shape index (κ2) is 10.7. The number of anilines is 2. The van der Waals surface area contributed by atoms with Crippen LogP contribution in [0, 0.1) is 11.7 Å². The molecular weight excluding hydrogens is 587 g/mol. The van der Waals surface area contributed by atoms with E-state index in [1.807, 2.05) is 0 Å². The van der Waals surface area contributed by atoms with Crippen molar-refractivity contribution in [1.82, 2.24) is 0 Å². The topological polar surface area (TPSA) is 79.8 Å². The van der Waals surface area contributed by atoms with Gasteiger partial charge in [0.2, 0.25) is 5.91 Å². The standard InChI is InChI=1S/C25H17Cl5FN3O3/c1-32-19-9-17(31)18(10-20(19)37-2)34-23(35)15-8-14(3-4-16(15)28)33-24(36)22-21(25(22,29)30)11-5-12(26)7-13(27)6-11/h3-10,21-22H,1H2,2H3,(H,33,36)(H,34,35). The van der Waals surface area contributed by atoms with Gasteiger partial charge in [-0.15, -0.1) is 23.2 Å². The number of alkyl halides is 2. The average Bonchev–Trinajstić information content (AvgIpc) is 3.42. The number of methoxy groups -OCH3 is 1. The third-order valence-corrected chi connectivity index (χ3v) is 7.45. The van der Waals surface area contributed by atoms with E-state index in [-0.39, 0.29) is 33.4 Å². The molecule has 2 atom stereocenters. The van der Waals surface area contributed by atoms with E-state index in [0.29, 0.717) is 15.6 Å². The van der Waals surface area contributed by atoms with Crippen LogP contribution in [0.1, 0.15) is 21.8 Å². The Labute approximate surface area is 236 Å². The Morgan fingerprint density at radius 2 is 1.70 bits per heavy atom. The predicted molar refractivity (Wildman–Crippen MR) is 147 cm³/mol. The molecule has 0 bridgehead atoms. The summed E-state index contributed by atoms with van der Waals surface area (Å²) in [6.07, 6.45) is 0. The lowest BCUT2D eigenvalue weighted by Crippen LogP contribution is -2.18. The number of benzene rings is 3. The number of rotatable bonds is 7. The van der Waals surface area contributed by atoms with Crippen molar-refractivity contribution in [2.24, 2.45) is 10.9 Å². The van der Waals surface area contributed by atoms with Gasteiger partial charge in [0.15, 0.2) is 0 Å². The number of nitrogens with one attached hydrogen (secondary N) is 2. The molecule has 1 fully saturated rings. The third-order valence-electron chi connectivity index (χ3n) is 5.75. The van der Waals surface area contributed by atoms with Gasteiger partial charge in [-0.2, -0.15) is 0 Å². The molecule has 37 heavy (non-hydrogen) atoms. The number of amides is 2. The molecule has 0 radical (unpaired) electrons. The van der Waals surface area contributed by atoms with Gasteiger partial charge in [-0.05, 0) is 48.7 Å². The van der Waals surface area contributed by atoms with Crippen molar-refractivity contribution in [3.8, 4) is 5.75 Å². The summed E-state index contributed by atoms with van der Waals surface area (Å²) in [5, 5.41) is 5.98. The smallest absolute Gasteiger partial charge is 0.257 e. The maximum absolute atomic E-state index is 14.5. The predicted octanol–water partition coefficient (Wildman–Crippen LogP) is 7.90. The second-order valence-electron chi connectivity index (χ2n) is 8.13. The van der Waals surface area contributed by atoms with Gasteiger partial charge >= 0.3 is 0 Å². The van der Waals surface area contributed by atoms with Gasteiger partial charge in [-0.1, -0.05) is 34.8 Å². The number of aliphatic imine (C=N–C) groups is 1. The molecule has 4 rings (SSSR count). The molecule has 1 aliphatic rings. The summed E-state index contributed by atoms with van der Waals surface area (Å²) >= 11 is 31.2. The maximum Gasteiger partial charge on any atom is 0.257 e. The minimum Gasteiger partial charge on any atom is -0.494 e. The number of hydrogen-bond acceptors (Lipinski definition) is 4. The summed E-state index contributed by atoms with van der Waals surface area (Å²) < 4.78 is 18.2. The highest BCUT2D eigenvalue weighted by Gasteiger charge is 2.67. The number of nitrogens with zero attached hydrogens (tertiary/aromatic N) is 1. The van der Waals surface area contributed by atoms with Crippen LogP contribution in [-0.4, -0.2) is 30.0 Å². The monoisotopic (exact) mass is 601 g/mol. The highest BCUT2D eigenvalue weighted by molar-refractivity contribution is 6.53. The van der Waals surface area contributed by atoms with Gasteiger partial charge in [0.05, 0.1) is 29.3 Å². The van der Waals surface area contributed by atoms with E-state index in [9.17, 15) is 14.0 Å². The minimum atomic E-state index is -1.38. The fourth-order valence-electron chi connectivity index (χ4n) is 3.93. The highest BCUT2D eigenvalue weighted by atomic mass is 35.5. The number of hydrogen-bond donors (Lipinski definition) is 2. The first-order valence-corrected chi connectivity index (χ1v) is 12.4. The van der Waals surface area contributed by atoms with E-state index in [2.05, 4.69) is 22.3 Å². The molecule has 1 saturated carbocycles. The molecule has 3 aromatic rings. The van der Waals surface area contributed by atoms with E-state index in [0.717, 1.165) is 6.07 Å². The van der Waals surface area contributed by atoms with Crippen LogP contribution < -0.4 is 15.4 Å². The summed E-state index contributed by atoms with van der Waals surface area (Å²) in [5.74, 6) is -3.10. The Kier molecular flexibility index (Phi) is 7.93. The fourth-order valence-corrected chi connectivity index (χ4v) is 5.51. The molecule has 0 aromatic heterocycles. The first-order valence-electron chi connectivity index (χ1n) is 10.6. The molecule has 0 heterocycles. The van der Waals surface area contributed by atoms with Crippen LogP contribution >= 0.6 is 58.0 Å². The van der Waals surface area contributed by atoms with Gasteiger partial charge in [0.25, 0.3) is 5.91 Å². The van der Waals surface area contributed by atoms with E-state index < -0.39 is 33.8 Å². The second-order valence-corrected chi connectivity index (χ2v) is 10.9. The van der Waals surface area contributed by atoms with Crippen molar-refractivity contribution in [2.75, 3.05) is 17.7 Å². The number of halogens is 6. The Morgan fingerprint density at radius 3 is 2.32 bits per heavy atom. The molecule has 2 N–H and O–H groups in total. The van der Waals surface area contributed by atoms with Crippen LogP contribution in [0.4, 0.5) is 21.5 Å². The molecule has 0 spiro atoms. The normalized spacial score (nSPS) is 17.6. The molecule has 0 aliphatic heterocycles. The Balaban J connectivity index is 1.53. The zero-order valence-corrected chi connectivity index (χ0v) is 22.7. The van der Waals surface area contributed by atoms with E-state index in [1.54, 1.807) is 18.2 Å². The van der Waals surface area contributed by atoms with Crippen LogP contribution in [-0.2, 0) is 4.79 Å². The van der Waals surface area contributed by atoms with Gasteiger partial charge in [0, 0.05) is 33.8 Å². The largest absolute Gasteiger partial charge is 0.494 e.